The number of fused-ring (bicyclic) bond motifs is 4. The van der Waals surface area contributed by atoms with Crippen LogP contribution in [0.4, 0.5) is 0 Å². The van der Waals surface area contributed by atoms with Crippen molar-refractivity contribution in [1.29, 1.82) is 0 Å². The quantitative estimate of drug-likeness (QED) is 0.0982. The van der Waals surface area contributed by atoms with Crippen LogP contribution in [0.15, 0.2) is 152 Å². The Labute approximate surface area is 309 Å². The summed E-state index contributed by atoms with van der Waals surface area (Å²) < 4.78 is 14.8. The van der Waals surface area contributed by atoms with E-state index >= 15 is 0 Å². The smallest absolute Gasteiger partial charge is 0.154 e. The van der Waals surface area contributed by atoms with Gasteiger partial charge in [-0.05, 0) is 34.0 Å². The third-order valence-corrected chi connectivity index (χ3v) is 12.1. The van der Waals surface area contributed by atoms with Crippen molar-refractivity contribution >= 4 is 55.4 Å². The Morgan fingerprint density at radius 2 is 1.20 bits per heavy atom. The third kappa shape index (κ3) is 6.87. The minimum Gasteiger partial charge on any atom is -0.310 e. The molecular weight excluding hydrogens is 806 g/mol. The summed E-state index contributed by atoms with van der Waals surface area (Å²) in [5.41, 5.74) is 5.87. The molecule has 0 unspecified atom stereocenters. The first-order chi connectivity index (χ1) is 23.8. The summed E-state index contributed by atoms with van der Waals surface area (Å²) in [5, 5.41) is 9.12. The molecule has 0 amide bonds. The number of aryl methyl sites for hydroxylation is 2. The molecule has 0 aliphatic carbocycles. The van der Waals surface area contributed by atoms with Crippen LogP contribution in [0.2, 0.25) is 0 Å². The Morgan fingerprint density at radius 1 is 0.600 bits per heavy atom. The number of nitrogens with zero attached hydrogens (tertiary/aromatic N) is 1. The van der Waals surface area contributed by atoms with Crippen LogP contribution < -0.4 is 15.9 Å². The largest absolute Gasteiger partial charge is 0.310 e. The minimum atomic E-state index is -3.08. The zero-order chi connectivity index (χ0) is 34.0. The first-order valence-corrected chi connectivity index (χ1v) is 18.5. The molecule has 0 aliphatic rings. The molecule has 0 atom stereocenters. The van der Waals surface area contributed by atoms with E-state index in [1.807, 2.05) is 97.2 Å². The van der Waals surface area contributed by atoms with Crippen LogP contribution in [0.25, 0.3) is 43.6 Å². The molecule has 0 bridgehead atoms. The standard InChI is InChI=1S/C26H18OP.C20H20N.Ir/c27-28(21-12-3-1-4-13-21,22-14-5-2-6-15-22)26-19-20-11-7-8-16-23(20)24-17-9-10-18-25(24)26;1-13(2)17-6-5-16-7-8-21-20(19(16)12-17)18-10-14(3)9-15(4)11-18;/h1-18H;5-10,12-13H,1-4H3;/q2*-1;. The topological polar surface area (TPSA) is 30.0 Å². The van der Waals surface area contributed by atoms with E-state index in [9.17, 15) is 4.57 Å². The van der Waals surface area contributed by atoms with E-state index in [-0.39, 0.29) is 20.1 Å². The predicted octanol–water partition coefficient (Wildman–Crippen LogP) is 10.9. The van der Waals surface area contributed by atoms with Crippen LogP contribution in [0.3, 0.4) is 0 Å². The van der Waals surface area contributed by atoms with Gasteiger partial charge in [0.05, 0.1) is 0 Å². The van der Waals surface area contributed by atoms with Gasteiger partial charge in [-0.25, -0.2) is 0 Å². The van der Waals surface area contributed by atoms with E-state index in [1.165, 1.54) is 21.9 Å². The third-order valence-electron chi connectivity index (χ3n) is 9.07. The van der Waals surface area contributed by atoms with Crippen molar-refractivity contribution in [2.24, 2.45) is 0 Å². The van der Waals surface area contributed by atoms with Gasteiger partial charge < -0.3 is 9.55 Å². The SMILES string of the molecule is Cc1[c-]c(-c2nccc3ccc(C(C)C)cc23)cc(C)c1.O=P(c1ccccc1)(c1ccccc1)c1[c-]c2ccccc2c2ccccc12.[Ir]. The Morgan fingerprint density at radius 3 is 1.84 bits per heavy atom. The molecule has 0 saturated carbocycles. The maximum Gasteiger partial charge on any atom is 0.154 e. The number of benzene rings is 7. The van der Waals surface area contributed by atoms with E-state index in [0.717, 1.165) is 54.3 Å². The van der Waals surface area contributed by atoms with E-state index in [2.05, 4.69) is 99.4 Å². The summed E-state index contributed by atoms with van der Waals surface area (Å²) in [6.07, 6.45) is 1.89. The number of pyridine rings is 1. The fourth-order valence-corrected chi connectivity index (χ4v) is 9.47. The zero-order valence-corrected chi connectivity index (χ0v) is 31.9. The van der Waals surface area contributed by atoms with Gasteiger partial charge in [0.2, 0.25) is 0 Å². The molecule has 0 saturated heterocycles. The monoisotopic (exact) mass is 844 g/mol. The number of aromatic nitrogens is 1. The molecule has 7 aromatic carbocycles. The van der Waals surface area contributed by atoms with Crippen molar-refractivity contribution in [3.63, 3.8) is 0 Å². The van der Waals surface area contributed by atoms with Gasteiger partial charge in [0.1, 0.15) is 0 Å². The summed E-state index contributed by atoms with van der Waals surface area (Å²) in [5.74, 6) is 0.519. The van der Waals surface area contributed by atoms with Crippen molar-refractivity contribution in [3.8, 4) is 11.3 Å². The molecule has 0 spiro atoms. The first-order valence-electron chi connectivity index (χ1n) is 16.8. The summed E-state index contributed by atoms with van der Waals surface area (Å²) in [6.45, 7) is 8.65. The van der Waals surface area contributed by atoms with Gasteiger partial charge in [-0.3, -0.25) is 0 Å². The first kappa shape index (κ1) is 35.2. The summed E-state index contributed by atoms with van der Waals surface area (Å²) >= 11 is 0. The van der Waals surface area contributed by atoms with E-state index in [0.29, 0.717) is 5.92 Å². The fraction of sp³-hybridized carbons (Fsp3) is 0.109. The van der Waals surface area contributed by atoms with Crippen molar-refractivity contribution in [2.75, 3.05) is 0 Å². The molecule has 2 nitrogen and oxygen atoms in total. The van der Waals surface area contributed by atoms with Crippen LogP contribution >= 0.6 is 7.14 Å². The molecule has 4 heteroatoms. The number of hydrogen-bond acceptors (Lipinski definition) is 2. The number of hydrogen-bond donors (Lipinski definition) is 0. The molecule has 0 fully saturated rings. The van der Waals surface area contributed by atoms with Crippen LogP contribution in [-0.4, -0.2) is 4.98 Å². The van der Waals surface area contributed by atoms with Crippen LogP contribution in [0.5, 0.6) is 0 Å². The van der Waals surface area contributed by atoms with Gasteiger partial charge in [-0.1, -0.05) is 159 Å². The second-order valence-corrected chi connectivity index (χ2v) is 15.6. The molecular formula is C46H38IrNOP-2. The van der Waals surface area contributed by atoms with Gasteiger partial charge in [0.25, 0.3) is 0 Å². The molecule has 0 aliphatic heterocycles. The molecule has 1 heterocycles. The fourth-order valence-electron chi connectivity index (χ4n) is 6.66. The van der Waals surface area contributed by atoms with Crippen molar-refractivity contribution in [3.05, 3.63) is 181 Å². The molecule has 249 valence electrons. The van der Waals surface area contributed by atoms with Crippen LogP contribution in [0.1, 0.15) is 36.5 Å². The Hall–Kier alpha value is -4.65. The van der Waals surface area contributed by atoms with Crippen molar-refractivity contribution in [2.45, 2.75) is 33.6 Å². The minimum absolute atomic E-state index is 0. The Kier molecular flexibility index (Phi) is 10.6. The summed E-state index contributed by atoms with van der Waals surface area (Å²) in [6, 6.07) is 56.0. The normalized spacial score (nSPS) is 11.3. The molecule has 0 N–H and O–H groups in total. The van der Waals surface area contributed by atoms with Gasteiger partial charge >= 0.3 is 0 Å². The maximum absolute atomic E-state index is 14.8. The van der Waals surface area contributed by atoms with Gasteiger partial charge in [-0.15, -0.1) is 63.9 Å². The average molecular weight is 844 g/mol. The van der Waals surface area contributed by atoms with E-state index in [4.69, 9.17) is 0 Å². The summed E-state index contributed by atoms with van der Waals surface area (Å²) in [4.78, 5) is 4.63. The van der Waals surface area contributed by atoms with Crippen molar-refractivity contribution in [1.82, 2.24) is 4.98 Å². The predicted molar refractivity (Wildman–Crippen MR) is 209 cm³/mol. The second kappa shape index (κ2) is 15.1. The van der Waals surface area contributed by atoms with Crippen LogP contribution in [-0.2, 0) is 24.7 Å². The van der Waals surface area contributed by atoms with E-state index < -0.39 is 7.14 Å². The van der Waals surface area contributed by atoms with Gasteiger partial charge in [0, 0.05) is 36.9 Å². The van der Waals surface area contributed by atoms with E-state index in [1.54, 1.807) is 0 Å². The van der Waals surface area contributed by atoms with Gasteiger partial charge in [-0.2, -0.15) is 0 Å². The second-order valence-electron chi connectivity index (χ2n) is 12.9. The van der Waals surface area contributed by atoms with Crippen LogP contribution in [0, 0.1) is 26.0 Å². The Bertz CT molecular complexity index is 2410. The molecule has 1 aromatic heterocycles. The van der Waals surface area contributed by atoms with Gasteiger partial charge in [0.15, 0.2) is 7.14 Å². The van der Waals surface area contributed by atoms with Crippen molar-refractivity contribution < 1.29 is 24.7 Å². The summed E-state index contributed by atoms with van der Waals surface area (Å²) in [7, 11) is -3.08. The molecule has 8 aromatic rings. The number of rotatable bonds is 5. The Balaban J connectivity index is 0.000000177. The molecule has 50 heavy (non-hydrogen) atoms. The zero-order valence-electron chi connectivity index (χ0n) is 28.6. The molecule has 8 rings (SSSR count). The average Bonchev–Trinajstić information content (AvgIpc) is 3.14. The maximum atomic E-state index is 14.8. The molecule has 1 radical (unpaired) electrons.